The quantitative estimate of drug-likeness (QED) is 0.756. The molecule has 160 valence electrons. The van der Waals surface area contributed by atoms with Crippen LogP contribution in [0.3, 0.4) is 0 Å². The molecule has 2 aliphatic heterocycles. The second-order valence-corrected chi connectivity index (χ2v) is 9.24. The van der Waals surface area contributed by atoms with Crippen molar-refractivity contribution in [2.45, 2.75) is 51.6 Å². The minimum Gasteiger partial charge on any atom is -0.443 e. The van der Waals surface area contributed by atoms with Gasteiger partial charge in [0.25, 0.3) is 5.91 Å². The van der Waals surface area contributed by atoms with Gasteiger partial charge in [-0.2, -0.15) is 5.10 Å². The average molecular weight is 411 g/mol. The Labute approximate surface area is 177 Å². The maximum Gasteiger partial charge on any atom is 0.414 e. The Kier molecular flexibility index (Phi) is 5.30. The van der Waals surface area contributed by atoms with Crippen LogP contribution in [0, 0.1) is 0 Å². The molecule has 0 N–H and O–H groups in total. The van der Waals surface area contributed by atoms with Gasteiger partial charge in [0.2, 0.25) is 0 Å². The molecule has 0 spiro atoms. The standard InChI is InChI=1S/C23H30N4O3/c1-23(2,3)30-22(29)27-12-9-17-5-6-18(13-20(17)27)21(28)26-10-7-16(8-11-26)19-14-24-25(4)15-19/h5-6,13-16H,7-12H2,1-4H3. The Morgan fingerprint density at radius 1 is 1.13 bits per heavy atom. The molecule has 7 heteroatoms. The molecule has 0 bridgehead atoms. The van der Waals surface area contributed by atoms with Gasteiger partial charge < -0.3 is 9.64 Å². The fourth-order valence-electron chi connectivity index (χ4n) is 4.27. The minimum absolute atomic E-state index is 0.0264. The summed E-state index contributed by atoms with van der Waals surface area (Å²) in [5.41, 5.74) is 3.19. The van der Waals surface area contributed by atoms with E-state index < -0.39 is 5.60 Å². The maximum absolute atomic E-state index is 13.1. The number of rotatable bonds is 2. The van der Waals surface area contributed by atoms with Crippen LogP contribution in [-0.4, -0.2) is 51.9 Å². The first kappa shape index (κ1) is 20.4. The number of carbonyl (C=O) groups is 2. The van der Waals surface area contributed by atoms with E-state index >= 15 is 0 Å². The highest BCUT2D eigenvalue weighted by atomic mass is 16.6. The maximum atomic E-state index is 13.1. The molecular weight excluding hydrogens is 380 g/mol. The lowest BCUT2D eigenvalue weighted by atomic mass is 9.91. The van der Waals surface area contributed by atoms with E-state index in [2.05, 4.69) is 11.3 Å². The van der Waals surface area contributed by atoms with Crippen LogP contribution in [0.1, 0.15) is 61.0 Å². The zero-order valence-corrected chi connectivity index (χ0v) is 18.2. The Morgan fingerprint density at radius 2 is 1.87 bits per heavy atom. The van der Waals surface area contributed by atoms with Gasteiger partial charge in [-0.25, -0.2) is 4.79 Å². The van der Waals surface area contributed by atoms with Crippen LogP contribution in [0.25, 0.3) is 0 Å². The number of anilines is 1. The first-order valence-corrected chi connectivity index (χ1v) is 10.6. The number of hydrogen-bond donors (Lipinski definition) is 0. The van der Waals surface area contributed by atoms with Crippen molar-refractivity contribution in [1.29, 1.82) is 0 Å². The van der Waals surface area contributed by atoms with Gasteiger partial charge in [0, 0.05) is 38.4 Å². The summed E-state index contributed by atoms with van der Waals surface area (Å²) in [4.78, 5) is 29.3. The number of nitrogens with zero attached hydrogens (tertiary/aromatic N) is 4. The summed E-state index contributed by atoms with van der Waals surface area (Å²) in [5, 5.41) is 4.26. The van der Waals surface area contributed by atoms with Crippen LogP contribution < -0.4 is 4.90 Å². The summed E-state index contributed by atoms with van der Waals surface area (Å²) in [5.74, 6) is 0.476. The highest BCUT2D eigenvalue weighted by molar-refractivity contribution is 5.98. The fraction of sp³-hybridized carbons (Fsp3) is 0.522. The van der Waals surface area contributed by atoms with Crippen molar-refractivity contribution in [3.63, 3.8) is 0 Å². The number of carbonyl (C=O) groups excluding carboxylic acids is 2. The molecule has 0 atom stereocenters. The molecule has 4 rings (SSSR count). The number of aryl methyl sites for hydroxylation is 1. The van der Waals surface area contributed by atoms with Crippen LogP contribution in [0.4, 0.5) is 10.5 Å². The summed E-state index contributed by atoms with van der Waals surface area (Å²) in [6.45, 7) is 7.61. The zero-order chi connectivity index (χ0) is 21.5. The van der Waals surface area contributed by atoms with E-state index in [4.69, 9.17) is 4.74 Å². The lowest BCUT2D eigenvalue weighted by Gasteiger charge is -2.32. The van der Waals surface area contributed by atoms with Crippen molar-refractivity contribution in [1.82, 2.24) is 14.7 Å². The molecule has 2 aliphatic rings. The van der Waals surface area contributed by atoms with Gasteiger partial charge in [0.05, 0.1) is 11.9 Å². The smallest absolute Gasteiger partial charge is 0.414 e. The van der Waals surface area contributed by atoms with Gasteiger partial charge in [-0.05, 0) is 69.2 Å². The number of aromatic nitrogens is 2. The number of fused-ring (bicyclic) bond motifs is 1. The molecule has 1 aromatic heterocycles. The first-order valence-electron chi connectivity index (χ1n) is 10.6. The number of ether oxygens (including phenoxy) is 1. The van der Waals surface area contributed by atoms with Crippen molar-refractivity contribution < 1.29 is 14.3 Å². The molecule has 7 nitrogen and oxygen atoms in total. The van der Waals surface area contributed by atoms with Gasteiger partial charge in [-0.3, -0.25) is 14.4 Å². The Morgan fingerprint density at radius 3 is 2.50 bits per heavy atom. The van der Waals surface area contributed by atoms with E-state index in [9.17, 15) is 9.59 Å². The zero-order valence-electron chi connectivity index (χ0n) is 18.2. The Balaban J connectivity index is 1.44. The molecule has 0 aliphatic carbocycles. The van der Waals surface area contributed by atoms with Crippen molar-refractivity contribution in [2.24, 2.45) is 7.05 Å². The molecule has 1 saturated heterocycles. The first-order chi connectivity index (χ1) is 14.2. The molecule has 0 radical (unpaired) electrons. The average Bonchev–Trinajstić information content (AvgIpc) is 3.32. The molecule has 1 aromatic carbocycles. The molecule has 2 aromatic rings. The fourth-order valence-corrected chi connectivity index (χ4v) is 4.27. The highest BCUT2D eigenvalue weighted by Gasteiger charge is 2.31. The Hall–Kier alpha value is -2.83. The molecule has 0 saturated carbocycles. The third-order valence-corrected chi connectivity index (χ3v) is 5.82. The van der Waals surface area contributed by atoms with Crippen molar-refractivity contribution in [2.75, 3.05) is 24.5 Å². The summed E-state index contributed by atoms with van der Waals surface area (Å²) < 4.78 is 7.36. The second-order valence-electron chi connectivity index (χ2n) is 9.24. The van der Waals surface area contributed by atoms with Crippen molar-refractivity contribution >= 4 is 17.7 Å². The van der Waals surface area contributed by atoms with Crippen LogP contribution >= 0.6 is 0 Å². The van der Waals surface area contributed by atoms with Gasteiger partial charge >= 0.3 is 6.09 Å². The van der Waals surface area contributed by atoms with Crippen LogP contribution in [0.5, 0.6) is 0 Å². The monoisotopic (exact) mass is 410 g/mol. The van der Waals surface area contributed by atoms with Gasteiger partial charge in [0.15, 0.2) is 0 Å². The number of hydrogen-bond acceptors (Lipinski definition) is 4. The van der Waals surface area contributed by atoms with Crippen LogP contribution in [-0.2, 0) is 18.2 Å². The van der Waals surface area contributed by atoms with Gasteiger partial charge in [0.1, 0.15) is 5.60 Å². The molecule has 30 heavy (non-hydrogen) atoms. The summed E-state index contributed by atoms with van der Waals surface area (Å²) >= 11 is 0. The SMILES string of the molecule is Cn1cc(C2CCN(C(=O)c3ccc4c(c3)N(C(=O)OC(C)(C)C)CC4)CC2)cn1. The van der Waals surface area contributed by atoms with E-state index in [-0.39, 0.29) is 12.0 Å². The lowest BCUT2D eigenvalue weighted by molar-refractivity contribution is 0.0582. The summed E-state index contributed by atoms with van der Waals surface area (Å²) in [6.07, 6.45) is 6.28. The van der Waals surface area contributed by atoms with E-state index in [1.807, 2.05) is 61.8 Å². The summed E-state index contributed by atoms with van der Waals surface area (Å²) in [6, 6.07) is 5.70. The highest BCUT2D eigenvalue weighted by Crippen LogP contribution is 2.32. The largest absolute Gasteiger partial charge is 0.443 e. The lowest BCUT2D eigenvalue weighted by Crippen LogP contribution is -2.38. The summed E-state index contributed by atoms with van der Waals surface area (Å²) in [7, 11) is 1.93. The topological polar surface area (TPSA) is 67.7 Å². The number of likely N-dealkylation sites (tertiary alicyclic amines) is 1. The Bertz CT molecular complexity index is 952. The molecule has 2 amide bonds. The molecule has 1 fully saturated rings. The van der Waals surface area contributed by atoms with Crippen LogP contribution in [0.2, 0.25) is 0 Å². The number of piperidine rings is 1. The van der Waals surface area contributed by atoms with Gasteiger partial charge in [-0.1, -0.05) is 6.07 Å². The molecular formula is C23H30N4O3. The molecule has 3 heterocycles. The minimum atomic E-state index is -0.550. The third kappa shape index (κ3) is 4.20. The van der Waals surface area contributed by atoms with E-state index in [1.54, 1.807) is 4.90 Å². The van der Waals surface area contributed by atoms with E-state index in [0.29, 0.717) is 18.0 Å². The second kappa shape index (κ2) is 7.78. The van der Waals surface area contributed by atoms with Crippen molar-refractivity contribution in [3.8, 4) is 0 Å². The van der Waals surface area contributed by atoms with E-state index in [1.165, 1.54) is 5.56 Å². The predicted molar refractivity (Wildman–Crippen MR) is 115 cm³/mol. The number of amides is 2. The van der Waals surface area contributed by atoms with Crippen molar-refractivity contribution in [3.05, 3.63) is 47.3 Å². The third-order valence-electron chi connectivity index (χ3n) is 5.82. The number of benzene rings is 1. The van der Waals surface area contributed by atoms with Gasteiger partial charge in [-0.15, -0.1) is 0 Å². The predicted octanol–water partition coefficient (Wildman–Crippen LogP) is 3.74. The normalized spacial score (nSPS) is 17.2. The van der Waals surface area contributed by atoms with Crippen LogP contribution in [0.15, 0.2) is 30.6 Å². The molecule has 0 unspecified atom stereocenters. The van der Waals surface area contributed by atoms with E-state index in [0.717, 1.165) is 43.6 Å².